The lowest BCUT2D eigenvalue weighted by molar-refractivity contribution is -0.137. The summed E-state index contributed by atoms with van der Waals surface area (Å²) < 4.78 is 29.1. The highest BCUT2D eigenvalue weighted by Crippen LogP contribution is 2.23. The molecule has 7 nitrogen and oxygen atoms in total. The maximum atomic E-state index is 13.5. The summed E-state index contributed by atoms with van der Waals surface area (Å²) >= 11 is 0. The van der Waals surface area contributed by atoms with E-state index in [9.17, 15) is 18.0 Å². The van der Waals surface area contributed by atoms with Gasteiger partial charge in [0.1, 0.15) is 6.04 Å². The van der Waals surface area contributed by atoms with E-state index in [1.807, 2.05) is 68.4 Å². The van der Waals surface area contributed by atoms with E-state index < -0.39 is 16.1 Å². The Bertz CT molecular complexity index is 1310. The third-order valence-electron chi connectivity index (χ3n) is 6.39. The van der Waals surface area contributed by atoms with Crippen molar-refractivity contribution in [2.45, 2.75) is 37.6 Å². The molecule has 0 bridgehead atoms. The highest BCUT2D eigenvalue weighted by molar-refractivity contribution is 7.89. The van der Waals surface area contributed by atoms with Crippen LogP contribution in [0.15, 0.2) is 77.7 Å². The summed E-state index contributed by atoms with van der Waals surface area (Å²) in [6.07, 6.45) is 1.36. The van der Waals surface area contributed by atoms with E-state index in [2.05, 4.69) is 10.0 Å². The van der Waals surface area contributed by atoms with Gasteiger partial charge in [-0.05, 0) is 53.8 Å². The van der Waals surface area contributed by atoms with Crippen LogP contribution in [0.25, 0.3) is 10.8 Å². The van der Waals surface area contributed by atoms with Crippen LogP contribution >= 0.6 is 0 Å². The topological polar surface area (TPSA) is 95.6 Å². The van der Waals surface area contributed by atoms with Gasteiger partial charge < -0.3 is 10.2 Å². The van der Waals surface area contributed by atoms with Gasteiger partial charge in [-0.15, -0.1) is 0 Å². The summed E-state index contributed by atoms with van der Waals surface area (Å²) in [4.78, 5) is 28.0. The Kier molecular flexibility index (Phi) is 7.52. The number of amides is 2. The van der Waals surface area contributed by atoms with Crippen molar-refractivity contribution < 1.29 is 18.0 Å². The van der Waals surface area contributed by atoms with Crippen molar-refractivity contribution >= 4 is 38.3 Å². The molecule has 0 saturated carbocycles. The molecular formula is C27H31N3O4S. The molecule has 3 aromatic carbocycles. The van der Waals surface area contributed by atoms with Crippen LogP contribution in [0.5, 0.6) is 0 Å². The summed E-state index contributed by atoms with van der Waals surface area (Å²) in [7, 11) is -3.93. The van der Waals surface area contributed by atoms with Crippen LogP contribution in [0, 0.1) is 11.8 Å². The molecule has 3 aromatic rings. The number of para-hydroxylation sites is 1. The first kappa shape index (κ1) is 24.9. The zero-order chi connectivity index (χ0) is 25.0. The second kappa shape index (κ2) is 10.6. The lowest BCUT2D eigenvalue weighted by atomic mass is 9.95. The number of anilines is 1. The number of carbonyl (C=O) groups is 2. The molecule has 8 heteroatoms. The minimum atomic E-state index is -3.93. The van der Waals surface area contributed by atoms with Crippen molar-refractivity contribution in [3.05, 3.63) is 72.8 Å². The maximum Gasteiger partial charge on any atom is 0.241 e. The van der Waals surface area contributed by atoms with Crippen LogP contribution in [0.2, 0.25) is 0 Å². The van der Waals surface area contributed by atoms with Gasteiger partial charge in [0.15, 0.2) is 0 Å². The number of nitrogens with zero attached hydrogens (tertiary/aromatic N) is 1. The second-order valence-corrected chi connectivity index (χ2v) is 11.0. The predicted molar refractivity (Wildman–Crippen MR) is 137 cm³/mol. The van der Waals surface area contributed by atoms with Gasteiger partial charge in [-0.1, -0.05) is 62.4 Å². The third-order valence-corrected chi connectivity index (χ3v) is 7.83. The van der Waals surface area contributed by atoms with Gasteiger partial charge in [-0.25, -0.2) is 8.42 Å². The summed E-state index contributed by atoms with van der Waals surface area (Å²) in [6, 6.07) is 20.7. The van der Waals surface area contributed by atoms with Gasteiger partial charge in [0.05, 0.1) is 10.8 Å². The highest BCUT2D eigenvalue weighted by Gasteiger charge is 2.35. The summed E-state index contributed by atoms with van der Waals surface area (Å²) in [5.41, 5.74) is 0.712. The molecule has 1 heterocycles. The lowest BCUT2D eigenvalue weighted by Gasteiger charge is -2.35. The van der Waals surface area contributed by atoms with E-state index in [4.69, 9.17) is 0 Å². The minimum absolute atomic E-state index is 0.119. The normalized spacial score (nSPS) is 17.3. The number of nitrogens with one attached hydrogen (secondary N) is 2. The van der Waals surface area contributed by atoms with Crippen LogP contribution in [0.4, 0.5) is 5.69 Å². The van der Waals surface area contributed by atoms with Crippen LogP contribution in [-0.4, -0.2) is 44.3 Å². The molecule has 1 saturated heterocycles. The van der Waals surface area contributed by atoms with Crippen LogP contribution in [-0.2, 0) is 19.6 Å². The molecular weight excluding hydrogens is 462 g/mol. The van der Waals surface area contributed by atoms with Crippen molar-refractivity contribution in [3.63, 3.8) is 0 Å². The number of hydrogen-bond acceptors (Lipinski definition) is 4. The fraction of sp³-hybridized carbons (Fsp3) is 0.333. The van der Waals surface area contributed by atoms with Gasteiger partial charge in [-0.2, -0.15) is 4.72 Å². The zero-order valence-corrected chi connectivity index (χ0v) is 20.8. The average Bonchev–Trinajstić information content (AvgIpc) is 2.87. The first-order valence-corrected chi connectivity index (χ1v) is 13.4. The molecule has 35 heavy (non-hydrogen) atoms. The molecule has 184 valence electrons. The smallest absolute Gasteiger partial charge is 0.241 e. The van der Waals surface area contributed by atoms with E-state index in [0.29, 0.717) is 25.1 Å². The highest BCUT2D eigenvalue weighted by atomic mass is 32.2. The Hall–Kier alpha value is -3.23. The zero-order valence-electron chi connectivity index (χ0n) is 20.0. The molecule has 0 spiro atoms. The summed E-state index contributed by atoms with van der Waals surface area (Å²) in [6.45, 7) is 4.39. The molecule has 2 atom stereocenters. The number of piperidine rings is 1. The van der Waals surface area contributed by atoms with E-state index in [1.54, 1.807) is 23.1 Å². The van der Waals surface area contributed by atoms with Gasteiger partial charge in [0.2, 0.25) is 21.8 Å². The van der Waals surface area contributed by atoms with Gasteiger partial charge >= 0.3 is 0 Å². The van der Waals surface area contributed by atoms with E-state index in [-0.39, 0.29) is 35.1 Å². The quantitative estimate of drug-likeness (QED) is 0.520. The Morgan fingerprint density at radius 2 is 1.63 bits per heavy atom. The number of rotatable bonds is 7. The number of likely N-dealkylation sites (tertiary alicyclic amines) is 1. The minimum Gasteiger partial charge on any atom is -0.341 e. The largest absolute Gasteiger partial charge is 0.341 e. The number of benzene rings is 3. The molecule has 0 aromatic heterocycles. The van der Waals surface area contributed by atoms with Crippen LogP contribution in [0.3, 0.4) is 0 Å². The fourth-order valence-corrected chi connectivity index (χ4v) is 5.77. The molecule has 0 radical (unpaired) electrons. The second-order valence-electron chi connectivity index (χ2n) is 9.33. The van der Waals surface area contributed by atoms with Crippen molar-refractivity contribution in [1.82, 2.24) is 9.62 Å². The Balaban J connectivity index is 1.47. The summed E-state index contributed by atoms with van der Waals surface area (Å²) in [5.74, 6) is -1.05. The Morgan fingerprint density at radius 3 is 2.34 bits per heavy atom. The van der Waals surface area contributed by atoms with Crippen LogP contribution in [0.1, 0.15) is 26.7 Å². The molecule has 1 fully saturated rings. The van der Waals surface area contributed by atoms with Gasteiger partial charge in [0, 0.05) is 18.8 Å². The van der Waals surface area contributed by atoms with Gasteiger partial charge in [-0.3, -0.25) is 9.59 Å². The average molecular weight is 494 g/mol. The third kappa shape index (κ3) is 5.89. The van der Waals surface area contributed by atoms with Crippen molar-refractivity contribution in [2.75, 3.05) is 18.4 Å². The number of carbonyl (C=O) groups excluding carboxylic acids is 2. The van der Waals surface area contributed by atoms with E-state index >= 15 is 0 Å². The van der Waals surface area contributed by atoms with Crippen molar-refractivity contribution in [1.29, 1.82) is 0 Å². The van der Waals surface area contributed by atoms with Crippen LogP contribution < -0.4 is 10.0 Å². The summed E-state index contributed by atoms with van der Waals surface area (Å²) in [5, 5.41) is 4.66. The maximum absolute atomic E-state index is 13.5. The predicted octanol–water partition coefficient (Wildman–Crippen LogP) is 4.02. The SMILES string of the molecule is CC(C)[C@@H](NS(=O)(=O)c1ccc2ccccc2c1)C(=O)N1CCC[C@@H](C(=O)Nc2ccccc2)C1. The fourth-order valence-electron chi connectivity index (χ4n) is 4.40. The van der Waals surface area contributed by atoms with Gasteiger partial charge in [0.25, 0.3) is 0 Å². The molecule has 2 amide bonds. The standard InChI is InChI=1S/C27H31N3O4S/c1-19(2)25(29-35(33,34)24-15-14-20-9-6-7-10-21(20)17-24)27(32)30-16-8-11-22(18-30)26(31)28-23-12-4-3-5-13-23/h3-7,9-10,12-15,17,19,22,25,29H,8,11,16,18H2,1-2H3,(H,28,31)/t22-,25-/m1/s1. The Morgan fingerprint density at radius 1 is 0.943 bits per heavy atom. The first-order valence-electron chi connectivity index (χ1n) is 11.9. The van der Waals surface area contributed by atoms with Crippen molar-refractivity contribution in [3.8, 4) is 0 Å². The monoisotopic (exact) mass is 493 g/mol. The molecule has 4 rings (SSSR count). The Labute approximate surface area is 206 Å². The number of sulfonamides is 1. The number of fused-ring (bicyclic) bond motifs is 1. The molecule has 1 aliphatic rings. The van der Waals surface area contributed by atoms with Crippen molar-refractivity contribution in [2.24, 2.45) is 11.8 Å². The number of hydrogen-bond donors (Lipinski definition) is 2. The molecule has 0 unspecified atom stereocenters. The van der Waals surface area contributed by atoms with E-state index in [1.165, 1.54) is 0 Å². The molecule has 1 aliphatic heterocycles. The lowest BCUT2D eigenvalue weighted by Crippen LogP contribution is -2.54. The molecule has 2 N–H and O–H groups in total. The van der Waals surface area contributed by atoms with E-state index in [0.717, 1.165) is 10.8 Å². The molecule has 0 aliphatic carbocycles. The first-order chi connectivity index (χ1) is 16.7.